The second-order valence-corrected chi connectivity index (χ2v) is 6.81. The first-order valence-electron chi connectivity index (χ1n) is 8.90. The molecule has 1 amide bonds. The van der Waals surface area contributed by atoms with Crippen LogP contribution in [0.3, 0.4) is 0 Å². The fourth-order valence-electron chi connectivity index (χ4n) is 2.51. The van der Waals surface area contributed by atoms with Crippen LogP contribution in [0.2, 0.25) is 0 Å². The summed E-state index contributed by atoms with van der Waals surface area (Å²) in [5, 5.41) is 5.33. The van der Waals surface area contributed by atoms with Gasteiger partial charge in [-0.15, -0.1) is 11.3 Å². The topological polar surface area (TPSA) is 56.8 Å². The number of rotatable bonds is 8. The van der Waals surface area contributed by atoms with Gasteiger partial charge >= 0.3 is 6.09 Å². The van der Waals surface area contributed by atoms with Gasteiger partial charge in [0.15, 0.2) is 0 Å². The predicted molar refractivity (Wildman–Crippen MR) is 107 cm³/mol. The summed E-state index contributed by atoms with van der Waals surface area (Å²) in [5.74, 6) is -0.273. The highest BCUT2D eigenvalue weighted by Crippen LogP contribution is 2.26. The van der Waals surface area contributed by atoms with Gasteiger partial charge in [0.2, 0.25) is 0 Å². The van der Waals surface area contributed by atoms with E-state index in [2.05, 4.69) is 5.32 Å². The molecule has 0 fully saturated rings. The van der Waals surface area contributed by atoms with Crippen molar-refractivity contribution < 1.29 is 27.8 Å². The van der Waals surface area contributed by atoms with Gasteiger partial charge in [-0.1, -0.05) is 0 Å². The Labute approximate surface area is 170 Å². The molecule has 152 valence electrons. The monoisotopic (exact) mass is 419 g/mol. The van der Waals surface area contributed by atoms with E-state index in [1.54, 1.807) is 31.2 Å². The van der Waals surface area contributed by atoms with E-state index < -0.39 is 17.7 Å². The molecule has 29 heavy (non-hydrogen) atoms. The molecule has 0 spiro atoms. The average Bonchev–Trinajstić information content (AvgIpc) is 3.09. The normalized spacial score (nSPS) is 10.4. The van der Waals surface area contributed by atoms with Crippen LogP contribution in [0.1, 0.15) is 12.5 Å². The van der Waals surface area contributed by atoms with E-state index in [1.807, 2.05) is 11.4 Å². The summed E-state index contributed by atoms with van der Waals surface area (Å²) >= 11 is 1.42. The number of benzene rings is 2. The highest BCUT2D eigenvalue weighted by atomic mass is 32.1. The summed E-state index contributed by atoms with van der Waals surface area (Å²) in [7, 11) is 0. The SMILES string of the molecule is CCOC(=O)Nc1sccc1CCOc1ccc(Oc2cc(F)cc(F)c2)cc1. The molecule has 0 bridgehead atoms. The lowest BCUT2D eigenvalue weighted by molar-refractivity contribution is 0.168. The number of amides is 1. The van der Waals surface area contributed by atoms with Crippen LogP contribution < -0.4 is 14.8 Å². The summed E-state index contributed by atoms with van der Waals surface area (Å²) in [6.07, 6.45) is 0.123. The molecule has 3 rings (SSSR count). The van der Waals surface area contributed by atoms with Crippen LogP contribution in [0, 0.1) is 11.6 Å². The van der Waals surface area contributed by atoms with E-state index in [4.69, 9.17) is 14.2 Å². The number of hydrogen-bond donors (Lipinski definition) is 1. The van der Waals surface area contributed by atoms with E-state index in [0.717, 1.165) is 28.8 Å². The maximum Gasteiger partial charge on any atom is 0.412 e. The summed E-state index contributed by atoms with van der Waals surface area (Å²) in [5.41, 5.74) is 0.955. The Morgan fingerprint density at radius 3 is 2.38 bits per heavy atom. The molecule has 0 aliphatic rings. The summed E-state index contributed by atoms with van der Waals surface area (Å²) < 4.78 is 42.5. The molecule has 3 aromatic rings. The van der Waals surface area contributed by atoms with Crippen LogP contribution in [0.25, 0.3) is 0 Å². The van der Waals surface area contributed by atoms with Gasteiger partial charge in [-0.05, 0) is 48.2 Å². The van der Waals surface area contributed by atoms with E-state index in [0.29, 0.717) is 31.1 Å². The molecule has 2 aromatic carbocycles. The van der Waals surface area contributed by atoms with Crippen molar-refractivity contribution in [1.29, 1.82) is 0 Å². The Hall–Kier alpha value is -3.13. The Bertz CT molecular complexity index is 939. The van der Waals surface area contributed by atoms with E-state index in [-0.39, 0.29) is 5.75 Å². The number of nitrogens with one attached hydrogen (secondary N) is 1. The highest BCUT2D eigenvalue weighted by Gasteiger charge is 2.09. The van der Waals surface area contributed by atoms with Crippen LogP contribution in [0.4, 0.5) is 18.6 Å². The molecular formula is C21H19F2NO4S. The third kappa shape index (κ3) is 6.18. The number of anilines is 1. The number of carbonyl (C=O) groups is 1. The van der Waals surface area contributed by atoms with Crippen LogP contribution in [-0.2, 0) is 11.2 Å². The zero-order valence-electron chi connectivity index (χ0n) is 15.6. The minimum absolute atomic E-state index is 0.0789. The molecule has 1 heterocycles. The zero-order valence-corrected chi connectivity index (χ0v) is 16.4. The molecule has 8 heteroatoms. The van der Waals surface area contributed by atoms with Crippen molar-refractivity contribution in [2.75, 3.05) is 18.5 Å². The lowest BCUT2D eigenvalue weighted by Crippen LogP contribution is -2.13. The van der Waals surface area contributed by atoms with Crippen LogP contribution in [0.15, 0.2) is 53.9 Å². The largest absolute Gasteiger partial charge is 0.493 e. The van der Waals surface area contributed by atoms with Gasteiger partial charge in [0, 0.05) is 24.6 Å². The summed E-state index contributed by atoms with van der Waals surface area (Å²) in [6.45, 7) is 2.46. The first kappa shape index (κ1) is 20.6. The number of halogens is 2. The summed E-state index contributed by atoms with van der Waals surface area (Å²) in [4.78, 5) is 11.5. The van der Waals surface area contributed by atoms with E-state index in [9.17, 15) is 13.6 Å². The van der Waals surface area contributed by atoms with Gasteiger partial charge in [-0.3, -0.25) is 5.32 Å². The molecule has 0 aliphatic heterocycles. The van der Waals surface area contributed by atoms with Gasteiger partial charge in [-0.2, -0.15) is 0 Å². The number of carbonyl (C=O) groups excluding carboxylic acids is 1. The highest BCUT2D eigenvalue weighted by molar-refractivity contribution is 7.14. The standard InChI is InChI=1S/C21H19F2NO4S/c1-2-26-21(25)24-20-14(8-10-29-20)7-9-27-17-3-5-18(6-4-17)28-19-12-15(22)11-16(23)13-19/h3-6,8,10-13H,2,7,9H2,1H3,(H,24,25). The lowest BCUT2D eigenvalue weighted by atomic mass is 10.2. The maximum atomic E-state index is 13.2. The van der Waals surface area contributed by atoms with Gasteiger partial charge in [0.1, 0.15) is 33.9 Å². The van der Waals surface area contributed by atoms with Crippen molar-refractivity contribution in [3.05, 3.63) is 71.1 Å². The Balaban J connectivity index is 1.51. The first-order valence-corrected chi connectivity index (χ1v) is 9.78. The third-order valence-corrected chi connectivity index (χ3v) is 4.65. The van der Waals surface area contributed by atoms with Crippen LogP contribution in [-0.4, -0.2) is 19.3 Å². The quantitative estimate of drug-likeness (QED) is 0.486. The second-order valence-electron chi connectivity index (χ2n) is 5.90. The molecule has 0 radical (unpaired) electrons. The molecule has 0 aliphatic carbocycles. The van der Waals surface area contributed by atoms with Gasteiger partial charge < -0.3 is 14.2 Å². The zero-order chi connectivity index (χ0) is 20.6. The van der Waals surface area contributed by atoms with E-state index >= 15 is 0 Å². The minimum atomic E-state index is -0.704. The van der Waals surface area contributed by atoms with Crippen LogP contribution in [0.5, 0.6) is 17.2 Å². The molecular weight excluding hydrogens is 400 g/mol. The predicted octanol–water partition coefficient (Wildman–Crippen LogP) is 6.01. The summed E-state index contributed by atoms with van der Waals surface area (Å²) in [6, 6.07) is 11.6. The van der Waals surface area contributed by atoms with Crippen molar-refractivity contribution in [1.82, 2.24) is 0 Å². The maximum absolute atomic E-state index is 13.2. The van der Waals surface area contributed by atoms with Crippen LogP contribution >= 0.6 is 11.3 Å². The third-order valence-electron chi connectivity index (χ3n) is 3.77. The molecule has 0 saturated heterocycles. The van der Waals surface area contributed by atoms with Gasteiger partial charge in [0.25, 0.3) is 0 Å². The van der Waals surface area contributed by atoms with Crippen molar-refractivity contribution in [2.45, 2.75) is 13.3 Å². The minimum Gasteiger partial charge on any atom is -0.493 e. The lowest BCUT2D eigenvalue weighted by Gasteiger charge is -2.10. The Morgan fingerprint density at radius 2 is 1.69 bits per heavy atom. The number of ether oxygens (including phenoxy) is 3. The molecule has 0 atom stereocenters. The number of thiophene rings is 1. The van der Waals surface area contributed by atoms with E-state index in [1.165, 1.54) is 11.3 Å². The molecule has 0 saturated carbocycles. The Morgan fingerprint density at radius 1 is 1.00 bits per heavy atom. The van der Waals surface area contributed by atoms with Crippen molar-refractivity contribution in [3.63, 3.8) is 0 Å². The van der Waals surface area contributed by atoms with Gasteiger partial charge in [-0.25, -0.2) is 13.6 Å². The Kier molecular flexibility index (Phi) is 7.02. The molecule has 1 N–H and O–H groups in total. The smallest absolute Gasteiger partial charge is 0.412 e. The van der Waals surface area contributed by atoms with Crippen molar-refractivity contribution in [2.24, 2.45) is 0 Å². The fraction of sp³-hybridized carbons (Fsp3) is 0.190. The molecule has 0 unspecified atom stereocenters. The average molecular weight is 419 g/mol. The van der Waals surface area contributed by atoms with Gasteiger partial charge in [0.05, 0.1) is 13.2 Å². The van der Waals surface area contributed by atoms with Crippen molar-refractivity contribution >= 4 is 22.4 Å². The second kappa shape index (κ2) is 9.88. The first-order chi connectivity index (χ1) is 14.0. The number of hydrogen-bond acceptors (Lipinski definition) is 5. The molecule has 1 aromatic heterocycles. The fourth-order valence-corrected chi connectivity index (χ4v) is 3.34. The molecule has 5 nitrogen and oxygen atoms in total. The van der Waals surface area contributed by atoms with Crippen molar-refractivity contribution in [3.8, 4) is 17.2 Å².